The molecule has 2 heterocycles. The summed E-state index contributed by atoms with van der Waals surface area (Å²) < 4.78 is 0. The number of carbonyl (C=O) groups is 3. The van der Waals surface area contributed by atoms with Crippen molar-refractivity contribution < 1.29 is 14.4 Å². The van der Waals surface area contributed by atoms with Gasteiger partial charge in [-0.1, -0.05) is 0 Å². The van der Waals surface area contributed by atoms with E-state index in [1.165, 1.54) is 11.3 Å². The van der Waals surface area contributed by atoms with Crippen molar-refractivity contribution in [2.24, 2.45) is 5.73 Å². The van der Waals surface area contributed by atoms with Gasteiger partial charge in [0.05, 0.1) is 18.0 Å². The summed E-state index contributed by atoms with van der Waals surface area (Å²) in [4.78, 5) is 36.5. The van der Waals surface area contributed by atoms with Gasteiger partial charge in [-0.3, -0.25) is 19.8 Å². The van der Waals surface area contributed by atoms with Crippen LogP contribution in [0, 0.1) is 5.41 Å². The molecule has 0 aromatic carbocycles. The van der Waals surface area contributed by atoms with Crippen LogP contribution in [-0.2, 0) is 20.9 Å². The first-order valence-corrected chi connectivity index (χ1v) is 7.91. The fourth-order valence-corrected chi connectivity index (χ4v) is 3.00. The zero-order valence-electron chi connectivity index (χ0n) is 12.7. The molecule has 1 aliphatic heterocycles. The highest BCUT2D eigenvalue weighted by Crippen LogP contribution is 2.19. The summed E-state index contributed by atoms with van der Waals surface area (Å²) in [6.07, 6.45) is 0.731. The van der Waals surface area contributed by atoms with Crippen molar-refractivity contribution in [3.05, 3.63) is 21.9 Å². The first kappa shape index (κ1) is 16.9. The molecule has 3 amide bonds. The fourth-order valence-electron chi connectivity index (χ4n) is 2.19. The van der Waals surface area contributed by atoms with Crippen LogP contribution in [0.2, 0.25) is 0 Å². The van der Waals surface area contributed by atoms with Gasteiger partial charge in [-0.15, -0.1) is 11.3 Å². The molecule has 8 nitrogen and oxygen atoms in total. The summed E-state index contributed by atoms with van der Waals surface area (Å²) in [5.74, 6) is -0.865. The third kappa shape index (κ3) is 4.28. The maximum absolute atomic E-state index is 12.0. The van der Waals surface area contributed by atoms with E-state index < -0.39 is 5.54 Å². The molecule has 0 radical (unpaired) electrons. The molecule has 0 bridgehead atoms. The van der Waals surface area contributed by atoms with Gasteiger partial charge >= 0.3 is 0 Å². The van der Waals surface area contributed by atoms with Crippen molar-refractivity contribution in [1.82, 2.24) is 16.0 Å². The average Bonchev–Trinajstić information content (AvgIpc) is 3.10. The van der Waals surface area contributed by atoms with E-state index in [-0.39, 0.29) is 30.1 Å². The van der Waals surface area contributed by atoms with Crippen LogP contribution in [0.25, 0.3) is 0 Å². The number of amidine groups is 1. The zero-order valence-corrected chi connectivity index (χ0v) is 13.5. The Morgan fingerprint density at radius 1 is 1.43 bits per heavy atom. The van der Waals surface area contributed by atoms with Crippen LogP contribution in [0.1, 0.15) is 29.5 Å². The standard InChI is InChI=1S/C14H19N5O3S/c1-14(5-4-10(20)19-14)13(22)18-7-11(21)17-6-8-2-3-9(23-8)12(15)16/h2-3H,4-7H2,1H3,(H3,15,16)(H,17,21)(H,18,22)(H,19,20)/t14-/m0/s1. The second-order valence-corrected chi connectivity index (χ2v) is 6.69. The highest BCUT2D eigenvalue weighted by atomic mass is 32.1. The molecule has 0 aliphatic carbocycles. The lowest BCUT2D eigenvalue weighted by Gasteiger charge is -2.22. The van der Waals surface area contributed by atoms with Gasteiger partial charge < -0.3 is 21.7 Å². The first-order chi connectivity index (χ1) is 10.8. The van der Waals surface area contributed by atoms with Crippen LogP contribution in [0.15, 0.2) is 12.1 Å². The van der Waals surface area contributed by atoms with Gasteiger partial charge in [0.2, 0.25) is 17.7 Å². The molecule has 1 saturated heterocycles. The Morgan fingerprint density at radius 2 is 2.17 bits per heavy atom. The Labute approximate surface area is 137 Å². The predicted molar refractivity (Wildman–Crippen MR) is 86.0 cm³/mol. The minimum absolute atomic E-state index is 0.00769. The Hall–Kier alpha value is -2.42. The van der Waals surface area contributed by atoms with Crippen molar-refractivity contribution in [3.63, 3.8) is 0 Å². The number of nitrogens with two attached hydrogens (primary N) is 1. The predicted octanol–water partition coefficient (Wildman–Crippen LogP) is -0.567. The summed E-state index contributed by atoms with van der Waals surface area (Å²) in [6.45, 7) is 1.79. The highest BCUT2D eigenvalue weighted by molar-refractivity contribution is 7.14. The number of rotatable bonds is 6. The van der Waals surface area contributed by atoms with Crippen LogP contribution in [0.3, 0.4) is 0 Å². The van der Waals surface area contributed by atoms with Gasteiger partial charge in [0.15, 0.2) is 0 Å². The monoisotopic (exact) mass is 337 g/mol. The molecule has 1 aromatic rings. The van der Waals surface area contributed by atoms with E-state index in [2.05, 4.69) is 16.0 Å². The van der Waals surface area contributed by atoms with Gasteiger partial charge in [0.1, 0.15) is 11.4 Å². The Morgan fingerprint density at radius 3 is 2.74 bits per heavy atom. The number of amides is 3. The van der Waals surface area contributed by atoms with E-state index in [1.807, 2.05) is 0 Å². The van der Waals surface area contributed by atoms with Crippen molar-refractivity contribution in [2.45, 2.75) is 31.8 Å². The number of nitrogens with one attached hydrogen (secondary N) is 4. The summed E-state index contributed by atoms with van der Waals surface area (Å²) in [7, 11) is 0. The van der Waals surface area contributed by atoms with Crippen molar-refractivity contribution in [1.29, 1.82) is 5.41 Å². The Bertz CT molecular complexity index is 657. The largest absolute Gasteiger partial charge is 0.383 e. The third-order valence-corrected chi connectivity index (χ3v) is 4.68. The quantitative estimate of drug-likeness (QED) is 0.351. The lowest BCUT2D eigenvalue weighted by molar-refractivity contribution is -0.131. The van der Waals surface area contributed by atoms with Gasteiger partial charge in [-0.2, -0.15) is 0 Å². The van der Waals surface area contributed by atoms with Crippen molar-refractivity contribution in [2.75, 3.05) is 6.54 Å². The summed E-state index contributed by atoms with van der Waals surface area (Å²) >= 11 is 1.33. The van der Waals surface area contributed by atoms with E-state index in [4.69, 9.17) is 11.1 Å². The Balaban J connectivity index is 1.75. The molecule has 9 heteroatoms. The number of hydrogen-bond donors (Lipinski definition) is 5. The van der Waals surface area contributed by atoms with Gasteiger partial charge in [0.25, 0.3) is 0 Å². The molecule has 6 N–H and O–H groups in total. The minimum atomic E-state index is -0.943. The van der Waals surface area contributed by atoms with E-state index in [0.29, 0.717) is 24.3 Å². The van der Waals surface area contributed by atoms with Crippen molar-refractivity contribution in [3.8, 4) is 0 Å². The van der Waals surface area contributed by atoms with E-state index >= 15 is 0 Å². The van der Waals surface area contributed by atoms with E-state index in [9.17, 15) is 14.4 Å². The van der Waals surface area contributed by atoms with Gasteiger partial charge in [-0.05, 0) is 25.5 Å². The number of hydrogen-bond acceptors (Lipinski definition) is 5. The average molecular weight is 337 g/mol. The Kier molecular flexibility index (Phi) is 4.99. The normalized spacial score (nSPS) is 20.0. The molecule has 23 heavy (non-hydrogen) atoms. The summed E-state index contributed by atoms with van der Waals surface area (Å²) in [5.41, 5.74) is 4.43. The molecule has 1 aromatic heterocycles. The molecular weight excluding hydrogens is 318 g/mol. The first-order valence-electron chi connectivity index (χ1n) is 7.09. The van der Waals surface area contributed by atoms with Crippen LogP contribution in [-0.4, -0.2) is 35.6 Å². The van der Waals surface area contributed by atoms with Crippen LogP contribution < -0.4 is 21.7 Å². The second-order valence-electron chi connectivity index (χ2n) is 5.52. The highest BCUT2D eigenvalue weighted by Gasteiger charge is 2.39. The van der Waals surface area contributed by atoms with Crippen LogP contribution >= 0.6 is 11.3 Å². The number of nitrogen functional groups attached to an aromatic ring is 1. The molecule has 0 spiro atoms. The molecule has 0 unspecified atom stereocenters. The minimum Gasteiger partial charge on any atom is -0.383 e. The fraction of sp³-hybridized carbons (Fsp3) is 0.429. The van der Waals surface area contributed by atoms with Gasteiger partial charge in [-0.25, -0.2) is 0 Å². The molecule has 2 rings (SSSR count). The van der Waals surface area contributed by atoms with E-state index in [1.54, 1.807) is 19.1 Å². The van der Waals surface area contributed by atoms with Crippen molar-refractivity contribution >= 4 is 34.9 Å². The summed E-state index contributed by atoms with van der Waals surface area (Å²) in [6, 6.07) is 3.51. The molecular formula is C14H19N5O3S. The maximum Gasteiger partial charge on any atom is 0.245 e. The molecule has 1 fully saturated rings. The molecule has 0 saturated carbocycles. The molecule has 1 atom stereocenters. The second kappa shape index (κ2) is 6.78. The SMILES string of the molecule is C[C@@]1(C(=O)NCC(=O)NCc2ccc(C(=N)N)s2)CCC(=O)N1. The molecule has 1 aliphatic rings. The topological polar surface area (TPSA) is 137 Å². The summed E-state index contributed by atoms with van der Waals surface area (Å²) in [5, 5.41) is 15.1. The van der Waals surface area contributed by atoms with E-state index in [0.717, 1.165) is 4.88 Å². The zero-order chi connectivity index (χ0) is 17.0. The number of carbonyl (C=O) groups excluding carboxylic acids is 3. The smallest absolute Gasteiger partial charge is 0.245 e. The maximum atomic E-state index is 12.0. The van der Waals surface area contributed by atoms with Crippen LogP contribution in [0.5, 0.6) is 0 Å². The number of thiophene rings is 1. The third-order valence-electron chi connectivity index (χ3n) is 3.56. The lowest BCUT2D eigenvalue weighted by atomic mass is 9.99. The van der Waals surface area contributed by atoms with Gasteiger partial charge in [0, 0.05) is 11.3 Å². The van der Waals surface area contributed by atoms with Crippen LogP contribution in [0.4, 0.5) is 0 Å². The lowest BCUT2D eigenvalue weighted by Crippen LogP contribution is -2.53. The molecule has 124 valence electrons.